The van der Waals surface area contributed by atoms with Gasteiger partial charge in [0.05, 0.1) is 8.95 Å². The maximum atomic E-state index is 9.60. The number of rotatable bonds is 0. The van der Waals surface area contributed by atoms with Crippen molar-refractivity contribution >= 4 is 31.9 Å². The summed E-state index contributed by atoms with van der Waals surface area (Å²) < 4.78 is 1.55. The van der Waals surface area contributed by atoms with E-state index < -0.39 is 0 Å². The Morgan fingerprint density at radius 2 is 1.17 bits per heavy atom. The van der Waals surface area contributed by atoms with E-state index in [-0.39, 0.29) is 5.75 Å². The summed E-state index contributed by atoms with van der Waals surface area (Å²) in [6.07, 6.45) is 0. The van der Waals surface area contributed by atoms with Gasteiger partial charge in [0, 0.05) is 0 Å². The van der Waals surface area contributed by atoms with Crippen molar-refractivity contribution < 1.29 is 5.11 Å². The highest BCUT2D eigenvalue weighted by atomic mass is 79.9. The molecule has 0 atom stereocenters. The molecule has 0 radical (unpaired) electrons. The molecule has 0 spiro atoms. The normalized spacial score (nSPS) is 10.4. The summed E-state index contributed by atoms with van der Waals surface area (Å²) >= 11 is 6.67. The fourth-order valence-corrected chi connectivity index (χ4v) is 2.32. The maximum Gasteiger partial charge on any atom is 0.144 e. The van der Waals surface area contributed by atoms with E-state index in [2.05, 4.69) is 31.9 Å². The number of benzene rings is 1. The second-order valence-corrected chi connectivity index (χ2v) is 4.44. The molecule has 0 saturated heterocycles. The van der Waals surface area contributed by atoms with Crippen LogP contribution in [0.3, 0.4) is 0 Å². The molecule has 1 aromatic rings. The minimum absolute atomic E-state index is 0.288. The van der Waals surface area contributed by atoms with Gasteiger partial charge in [0.2, 0.25) is 0 Å². The summed E-state index contributed by atoms with van der Waals surface area (Å²) in [7, 11) is 0. The molecule has 1 aromatic carbocycles. The Morgan fingerprint density at radius 3 is 1.50 bits per heavy atom. The van der Waals surface area contributed by atoms with Gasteiger partial charge in [-0.3, -0.25) is 0 Å². The lowest BCUT2D eigenvalue weighted by molar-refractivity contribution is 0.467. The topological polar surface area (TPSA) is 20.2 Å². The lowest BCUT2D eigenvalue weighted by Gasteiger charge is -2.11. The summed E-state index contributed by atoms with van der Waals surface area (Å²) in [5.41, 5.74) is 3.38. The quantitative estimate of drug-likeness (QED) is 0.770. The number of aromatic hydroxyl groups is 1. The Balaban J connectivity index is 3.60. The standard InChI is InChI=1S/C9H10Br2O/c1-4-5(2)7(10)9(12)8(11)6(4)3/h12H,1-3H3. The lowest BCUT2D eigenvalue weighted by atomic mass is 10.0. The van der Waals surface area contributed by atoms with Gasteiger partial charge in [0.1, 0.15) is 5.75 Å². The third-order valence-corrected chi connectivity index (χ3v) is 4.14. The summed E-state index contributed by atoms with van der Waals surface area (Å²) in [5.74, 6) is 0.288. The predicted octanol–water partition coefficient (Wildman–Crippen LogP) is 3.84. The van der Waals surface area contributed by atoms with E-state index in [0.717, 1.165) is 20.1 Å². The number of hydrogen-bond acceptors (Lipinski definition) is 1. The van der Waals surface area contributed by atoms with Crippen LogP contribution < -0.4 is 0 Å². The van der Waals surface area contributed by atoms with Gasteiger partial charge in [-0.2, -0.15) is 0 Å². The van der Waals surface area contributed by atoms with Crippen molar-refractivity contribution in [2.75, 3.05) is 0 Å². The smallest absolute Gasteiger partial charge is 0.144 e. The molecule has 0 aliphatic carbocycles. The number of hydrogen-bond donors (Lipinski definition) is 1. The van der Waals surface area contributed by atoms with Crippen molar-refractivity contribution in [3.63, 3.8) is 0 Å². The SMILES string of the molecule is Cc1c(C)c(Br)c(O)c(Br)c1C. The van der Waals surface area contributed by atoms with Crippen molar-refractivity contribution in [3.8, 4) is 5.75 Å². The van der Waals surface area contributed by atoms with E-state index in [1.807, 2.05) is 20.8 Å². The van der Waals surface area contributed by atoms with E-state index in [9.17, 15) is 5.11 Å². The van der Waals surface area contributed by atoms with Crippen LogP contribution in [0.4, 0.5) is 0 Å². The van der Waals surface area contributed by atoms with Gasteiger partial charge < -0.3 is 5.11 Å². The zero-order chi connectivity index (χ0) is 9.46. The maximum absolute atomic E-state index is 9.60. The zero-order valence-electron chi connectivity index (χ0n) is 7.20. The van der Waals surface area contributed by atoms with Gasteiger partial charge in [-0.25, -0.2) is 0 Å². The Kier molecular flexibility index (Phi) is 2.84. The van der Waals surface area contributed by atoms with Crippen LogP contribution in [-0.2, 0) is 0 Å². The van der Waals surface area contributed by atoms with E-state index in [1.54, 1.807) is 0 Å². The second-order valence-electron chi connectivity index (χ2n) is 2.85. The first-order chi connectivity index (χ1) is 5.46. The van der Waals surface area contributed by atoms with Gasteiger partial charge in [-0.1, -0.05) is 0 Å². The molecular weight excluding hydrogens is 284 g/mol. The van der Waals surface area contributed by atoms with Gasteiger partial charge in [0.25, 0.3) is 0 Å². The van der Waals surface area contributed by atoms with Gasteiger partial charge in [-0.15, -0.1) is 0 Å². The Hall–Kier alpha value is -0.0200. The van der Waals surface area contributed by atoms with E-state index in [1.165, 1.54) is 5.56 Å². The molecule has 0 aliphatic heterocycles. The van der Waals surface area contributed by atoms with Crippen LogP contribution >= 0.6 is 31.9 Å². The number of phenols is 1. The van der Waals surface area contributed by atoms with Gasteiger partial charge in [0.15, 0.2) is 0 Å². The summed E-state index contributed by atoms with van der Waals surface area (Å²) in [5, 5.41) is 9.60. The molecule has 0 heterocycles. The molecule has 0 bridgehead atoms. The molecule has 12 heavy (non-hydrogen) atoms. The Bertz CT molecular complexity index is 227. The van der Waals surface area contributed by atoms with E-state index >= 15 is 0 Å². The van der Waals surface area contributed by atoms with Crippen molar-refractivity contribution in [2.45, 2.75) is 20.8 Å². The van der Waals surface area contributed by atoms with E-state index in [0.29, 0.717) is 0 Å². The summed E-state index contributed by atoms with van der Waals surface area (Å²) in [6, 6.07) is 0. The van der Waals surface area contributed by atoms with Crippen molar-refractivity contribution in [1.29, 1.82) is 0 Å². The second kappa shape index (κ2) is 3.38. The minimum atomic E-state index is 0.288. The average molecular weight is 294 g/mol. The van der Waals surface area contributed by atoms with Gasteiger partial charge >= 0.3 is 0 Å². The third kappa shape index (κ3) is 1.40. The van der Waals surface area contributed by atoms with Crippen LogP contribution in [0.25, 0.3) is 0 Å². The monoisotopic (exact) mass is 292 g/mol. The highest BCUT2D eigenvalue weighted by molar-refractivity contribution is 9.11. The zero-order valence-corrected chi connectivity index (χ0v) is 10.4. The molecule has 1 nitrogen and oxygen atoms in total. The van der Waals surface area contributed by atoms with Crippen LogP contribution in [0.5, 0.6) is 5.75 Å². The first-order valence-corrected chi connectivity index (χ1v) is 5.19. The molecule has 1 N–H and O–H groups in total. The van der Waals surface area contributed by atoms with Gasteiger partial charge in [-0.05, 0) is 69.3 Å². The highest BCUT2D eigenvalue weighted by Gasteiger charge is 2.12. The van der Waals surface area contributed by atoms with Crippen LogP contribution in [0.15, 0.2) is 8.95 Å². The minimum Gasteiger partial charge on any atom is -0.506 e. The molecule has 0 amide bonds. The molecule has 66 valence electrons. The predicted molar refractivity (Wildman–Crippen MR) is 57.7 cm³/mol. The summed E-state index contributed by atoms with van der Waals surface area (Å²) in [6.45, 7) is 6.01. The molecule has 1 rings (SSSR count). The molecule has 0 aliphatic rings. The molecule has 3 heteroatoms. The lowest BCUT2D eigenvalue weighted by Crippen LogP contribution is -1.90. The van der Waals surface area contributed by atoms with Crippen molar-refractivity contribution in [1.82, 2.24) is 0 Å². The van der Waals surface area contributed by atoms with Crippen LogP contribution in [0.2, 0.25) is 0 Å². The number of phenolic OH excluding ortho intramolecular Hbond substituents is 1. The third-order valence-electron chi connectivity index (χ3n) is 2.20. The molecular formula is C9H10Br2O. The Morgan fingerprint density at radius 1 is 0.833 bits per heavy atom. The first-order valence-electron chi connectivity index (χ1n) is 3.60. The Labute approximate surface area is 89.1 Å². The van der Waals surface area contributed by atoms with Crippen molar-refractivity contribution in [3.05, 3.63) is 25.6 Å². The van der Waals surface area contributed by atoms with Crippen LogP contribution in [-0.4, -0.2) is 5.11 Å². The fraction of sp³-hybridized carbons (Fsp3) is 0.333. The fourth-order valence-electron chi connectivity index (χ4n) is 1.06. The van der Waals surface area contributed by atoms with Crippen LogP contribution in [0.1, 0.15) is 16.7 Å². The first kappa shape index (κ1) is 10.1. The molecule has 0 unspecified atom stereocenters. The van der Waals surface area contributed by atoms with Crippen LogP contribution in [0, 0.1) is 20.8 Å². The van der Waals surface area contributed by atoms with Crippen molar-refractivity contribution in [2.24, 2.45) is 0 Å². The molecule has 0 fully saturated rings. The average Bonchev–Trinajstić information content (AvgIpc) is 2.08. The molecule has 0 saturated carbocycles. The highest BCUT2D eigenvalue weighted by Crippen LogP contribution is 2.39. The largest absolute Gasteiger partial charge is 0.506 e. The van der Waals surface area contributed by atoms with E-state index in [4.69, 9.17) is 0 Å². The molecule has 0 aromatic heterocycles. The number of halogens is 2. The summed E-state index contributed by atoms with van der Waals surface area (Å²) in [4.78, 5) is 0.